The number of unbranched alkanes of at least 4 members (excludes halogenated alkanes) is 14. The fourth-order valence-corrected chi connectivity index (χ4v) is 3.45. The Labute approximate surface area is 196 Å². The van der Waals surface area contributed by atoms with Crippen LogP contribution in [-0.2, 0) is 9.53 Å². The number of rotatable bonds is 18. The Bertz CT molecular complexity index is 499. The first kappa shape index (κ1) is 28.2. The smallest absolute Gasteiger partial charge is 0.316 e. The standard InChI is InChI=1S/C26H42O2.Mg.2H/c1-2-3-4-5-6-7-8-9-10-11-12-13-14-15-19-22-26(27)28-24-23-25-20-17-16-18-21-25;;;/h16-18,20-21,23-24H,2-15,19,22H2,1H3;;;. The average Bonchev–Trinajstić information content (AvgIpc) is 2.71. The molecule has 0 atom stereocenters. The summed E-state index contributed by atoms with van der Waals surface area (Å²) in [6.45, 7) is 2.28. The van der Waals surface area contributed by atoms with Gasteiger partial charge >= 0.3 is 29.0 Å². The molecular formula is C26H44MgO2. The summed E-state index contributed by atoms with van der Waals surface area (Å²) in [5, 5.41) is 0. The lowest BCUT2D eigenvalue weighted by Gasteiger charge is -2.03. The Balaban J connectivity index is 0.00000784. The molecule has 162 valence electrons. The molecule has 0 heterocycles. The highest BCUT2D eigenvalue weighted by molar-refractivity contribution is 5.75. The third-order valence-electron chi connectivity index (χ3n) is 5.24. The maximum absolute atomic E-state index is 11.7. The SMILES string of the molecule is CCCCCCCCCCCCCCCCCC(=O)OC=Cc1ccccc1.[MgH2]. The van der Waals surface area contributed by atoms with E-state index in [1.807, 2.05) is 36.4 Å². The predicted molar refractivity (Wildman–Crippen MR) is 130 cm³/mol. The van der Waals surface area contributed by atoms with Gasteiger partial charge in [-0.05, 0) is 18.1 Å². The Hall–Kier alpha value is -0.804. The van der Waals surface area contributed by atoms with Gasteiger partial charge in [-0.2, -0.15) is 0 Å². The fourth-order valence-electron chi connectivity index (χ4n) is 3.45. The molecule has 0 bridgehead atoms. The summed E-state index contributed by atoms with van der Waals surface area (Å²) in [4.78, 5) is 11.7. The lowest BCUT2D eigenvalue weighted by atomic mass is 10.0. The maximum atomic E-state index is 11.7. The zero-order valence-corrected chi connectivity index (χ0v) is 18.2. The highest BCUT2D eigenvalue weighted by Crippen LogP contribution is 2.14. The van der Waals surface area contributed by atoms with Crippen LogP contribution in [0.5, 0.6) is 0 Å². The van der Waals surface area contributed by atoms with Gasteiger partial charge in [-0.1, -0.05) is 127 Å². The van der Waals surface area contributed by atoms with Crippen LogP contribution in [0.25, 0.3) is 6.08 Å². The van der Waals surface area contributed by atoms with Crippen LogP contribution in [0, 0.1) is 0 Å². The fraction of sp³-hybridized carbons (Fsp3) is 0.654. The van der Waals surface area contributed by atoms with Crippen molar-refractivity contribution >= 4 is 35.1 Å². The molecule has 2 nitrogen and oxygen atoms in total. The van der Waals surface area contributed by atoms with Gasteiger partial charge in [0.1, 0.15) is 0 Å². The van der Waals surface area contributed by atoms with E-state index in [-0.39, 0.29) is 29.0 Å². The van der Waals surface area contributed by atoms with Crippen LogP contribution < -0.4 is 0 Å². The van der Waals surface area contributed by atoms with Gasteiger partial charge in [0.25, 0.3) is 0 Å². The van der Waals surface area contributed by atoms with E-state index in [0.717, 1.165) is 18.4 Å². The second-order valence-electron chi connectivity index (χ2n) is 7.90. The normalized spacial score (nSPS) is 10.8. The van der Waals surface area contributed by atoms with Gasteiger partial charge in [0.15, 0.2) is 0 Å². The lowest BCUT2D eigenvalue weighted by molar-refractivity contribution is -0.138. The molecule has 0 saturated heterocycles. The first-order chi connectivity index (χ1) is 13.8. The largest absolute Gasteiger partial charge is 0.434 e. The summed E-state index contributed by atoms with van der Waals surface area (Å²) in [5.74, 6) is -0.123. The predicted octanol–water partition coefficient (Wildman–Crippen LogP) is 7.55. The van der Waals surface area contributed by atoms with E-state index in [1.54, 1.807) is 0 Å². The van der Waals surface area contributed by atoms with Crippen molar-refractivity contribution in [3.8, 4) is 0 Å². The molecule has 0 aliphatic carbocycles. The molecule has 0 spiro atoms. The average molecular weight is 413 g/mol. The third-order valence-corrected chi connectivity index (χ3v) is 5.24. The van der Waals surface area contributed by atoms with E-state index in [2.05, 4.69) is 6.92 Å². The zero-order chi connectivity index (χ0) is 20.1. The molecule has 29 heavy (non-hydrogen) atoms. The molecule has 3 heteroatoms. The molecule has 1 aromatic rings. The Morgan fingerprint density at radius 2 is 1.17 bits per heavy atom. The summed E-state index contributed by atoms with van der Waals surface area (Å²) in [5.41, 5.74) is 1.04. The molecule has 0 unspecified atom stereocenters. The zero-order valence-electron chi connectivity index (χ0n) is 18.2. The van der Waals surface area contributed by atoms with Crippen molar-refractivity contribution in [1.82, 2.24) is 0 Å². The first-order valence-corrected chi connectivity index (χ1v) is 11.7. The molecule has 0 saturated carbocycles. The number of esters is 1. The van der Waals surface area contributed by atoms with E-state index >= 15 is 0 Å². The molecule has 0 aliphatic rings. The van der Waals surface area contributed by atoms with Gasteiger partial charge < -0.3 is 4.74 Å². The number of carbonyl (C=O) groups is 1. The Kier molecular flexibility index (Phi) is 21.3. The van der Waals surface area contributed by atoms with Crippen LogP contribution in [0.1, 0.15) is 115 Å². The topological polar surface area (TPSA) is 26.3 Å². The molecule has 0 amide bonds. The highest BCUT2D eigenvalue weighted by Gasteiger charge is 2.00. The Morgan fingerprint density at radius 3 is 1.66 bits per heavy atom. The second kappa shape index (κ2) is 21.9. The van der Waals surface area contributed by atoms with Crippen LogP contribution in [0.15, 0.2) is 36.6 Å². The maximum Gasteiger partial charge on any atom is 0.316 e. The highest BCUT2D eigenvalue weighted by atomic mass is 24.3. The summed E-state index contributed by atoms with van der Waals surface area (Å²) in [6.07, 6.45) is 23.9. The summed E-state index contributed by atoms with van der Waals surface area (Å²) < 4.78 is 5.15. The van der Waals surface area contributed by atoms with Crippen LogP contribution in [-0.4, -0.2) is 29.0 Å². The van der Waals surface area contributed by atoms with Crippen molar-refractivity contribution in [2.45, 2.75) is 110 Å². The third kappa shape index (κ3) is 18.9. The number of hydrogen-bond acceptors (Lipinski definition) is 2. The van der Waals surface area contributed by atoms with E-state index < -0.39 is 0 Å². The van der Waals surface area contributed by atoms with Gasteiger partial charge in [-0.15, -0.1) is 0 Å². The molecule has 1 rings (SSSR count). The van der Waals surface area contributed by atoms with Crippen LogP contribution >= 0.6 is 0 Å². The van der Waals surface area contributed by atoms with Gasteiger partial charge in [0, 0.05) is 6.42 Å². The monoisotopic (exact) mass is 412 g/mol. The van der Waals surface area contributed by atoms with Crippen LogP contribution in [0.3, 0.4) is 0 Å². The number of benzene rings is 1. The number of carbonyl (C=O) groups excluding carboxylic acids is 1. The minimum atomic E-state index is -0.123. The van der Waals surface area contributed by atoms with Crippen molar-refractivity contribution < 1.29 is 9.53 Å². The van der Waals surface area contributed by atoms with Gasteiger partial charge in [-0.3, -0.25) is 4.79 Å². The van der Waals surface area contributed by atoms with Crippen molar-refractivity contribution in [3.63, 3.8) is 0 Å². The number of hydrogen-bond donors (Lipinski definition) is 0. The summed E-state index contributed by atoms with van der Waals surface area (Å²) >= 11 is 0. The molecule has 0 aromatic heterocycles. The lowest BCUT2D eigenvalue weighted by Crippen LogP contribution is -1.98. The summed E-state index contributed by atoms with van der Waals surface area (Å²) in [6, 6.07) is 9.88. The van der Waals surface area contributed by atoms with Gasteiger partial charge in [0.05, 0.1) is 6.26 Å². The van der Waals surface area contributed by atoms with E-state index in [9.17, 15) is 4.79 Å². The van der Waals surface area contributed by atoms with Crippen molar-refractivity contribution in [1.29, 1.82) is 0 Å². The molecule has 1 aromatic carbocycles. The van der Waals surface area contributed by atoms with E-state index in [0.29, 0.717) is 6.42 Å². The minimum Gasteiger partial charge on any atom is -0.434 e. The van der Waals surface area contributed by atoms with Gasteiger partial charge in [-0.25, -0.2) is 0 Å². The minimum absolute atomic E-state index is 0. The van der Waals surface area contributed by atoms with Gasteiger partial charge in [0.2, 0.25) is 0 Å². The molecule has 0 aliphatic heterocycles. The molecule has 0 radical (unpaired) electrons. The quantitative estimate of drug-likeness (QED) is 0.108. The molecule has 0 N–H and O–H groups in total. The number of ether oxygens (including phenoxy) is 1. The second-order valence-corrected chi connectivity index (χ2v) is 7.90. The van der Waals surface area contributed by atoms with E-state index in [1.165, 1.54) is 89.7 Å². The van der Waals surface area contributed by atoms with Crippen molar-refractivity contribution in [2.24, 2.45) is 0 Å². The van der Waals surface area contributed by atoms with Crippen LogP contribution in [0.2, 0.25) is 0 Å². The molecule has 0 fully saturated rings. The van der Waals surface area contributed by atoms with Crippen molar-refractivity contribution in [2.75, 3.05) is 0 Å². The molecular weight excluding hydrogens is 369 g/mol. The Morgan fingerprint density at radius 1 is 0.724 bits per heavy atom. The van der Waals surface area contributed by atoms with Crippen LogP contribution in [0.4, 0.5) is 0 Å². The first-order valence-electron chi connectivity index (χ1n) is 11.7. The van der Waals surface area contributed by atoms with Crippen molar-refractivity contribution in [3.05, 3.63) is 42.2 Å². The van der Waals surface area contributed by atoms with E-state index in [4.69, 9.17) is 4.74 Å². The summed E-state index contributed by atoms with van der Waals surface area (Å²) in [7, 11) is 0.